The predicted molar refractivity (Wildman–Crippen MR) is 83.7 cm³/mol. The average molecular weight is 312 g/mol. The first-order valence-electron chi connectivity index (χ1n) is 7.19. The third-order valence-electron chi connectivity index (χ3n) is 3.17. The largest absolute Gasteiger partial charge is 0.444 e. The Morgan fingerprint density at radius 2 is 2.29 bits per heavy atom. The summed E-state index contributed by atoms with van der Waals surface area (Å²) in [4.78, 5) is 17.8. The standard InChI is InChI=1S/C15H22ClN3O2/c1-15(2,3)21-14(20)19-8-4-5-12(10-19)18-11-6-7-17-13(16)9-11/h6-7,9,12H,4-5,8,10H2,1-3H3,(H,17,18). The number of piperidine rings is 1. The Morgan fingerprint density at radius 1 is 1.52 bits per heavy atom. The Labute approximate surface area is 130 Å². The van der Waals surface area contributed by atoms with E-state index in [0.29, 0.717) is 11.7 Å². The molecule has 0 aliphatic carbocycles. The monoisotopic (exact) mass is 311 g/mol. The maximum atomic E-state index is 12.1. The third-order valence-corrected chi connectivity index (χ3v) is 3.38. The quantitative estimate of drug-likeness (QED) is 0.849. The second-order valence-electron chi connectivity index (χ2n) is 6.28. The number of carbonyl (C=O) groups excluding carboxylic acids is 1. The van der Waals surface area contributed by atoms with E-state index in [4.69, 9.17) is 16.3 Å². The minimum absolute atomic E-state index is 0.199. The minimum Gasteiger partial charge on any atom is -0.444 e. The fraction of sp³-hybridized carbons (Fsp3) is 0.600. The molecule has 0 radical (unpaired) electrons. The van der Waals surface area contributed by atoms with Gasteiger partial charge in [0.15, 0.2) is 0 Å². The van der Waals surface area contributed by atoms with Crippen molar-refractivity contribution in [2.75, 3.05) is 18.4 Å². The number of carbonyl (C=O) groups is 1. The van der Waals surface area contributed by atoms with Crippen molar-refractivity contribution in [3.05, 3.63) is 23.5 Å². The van der Waals surface area contributed by atoms with Crippen molar-refractivity contribution in [3.63, 3.8) is 0 Å². The zero-order chi connectivity index (χ0) is 15.5. The number of anilines is 1. The molecule has 0 bridgehead atoms. The van der Waals surface area contributed by atoms with Crippen LogP contribution in [0.15, 0.2) is 18.3 Å². The van der Waals surface area contributed by atoms with E-state index in [1.165, 1.54) is 0 Å². The first-order chi connectivity index (χ1) is 9.83. The Balaban J connectivity index is 1.93. The van der Waals surface area contributed by atoms with Gasteiger partial charge in [-0.15, -0.1) is 0 Å². The zero-order valence-electron chi connectivity index (χ0n) is 12.7. The van der Waals surface area contributed by atoms with E-state index in [2.05, 4.69) is 10.3 Å². The lowest BCUT2D eigenvalue weighted by Crippen LogP contribution is -2.46. The Morgan fingerprint density at radius 3 is 2.95 bits per heavy atom. The van der Waals surface area contributed by atoms with Gasteiger partial charge in [0.05, 0.1) is 0 Å². The third kappa shape index (κ3) is 5.08. The summed E-state index contributed by atoms with van der Waals surface area (Å²) >= 11 is 5.88. The normalized spacial score (nSPS) is 19.2. The van der Waals surface area contributed by atoms with E-state index in [1.807, 2.05) is 26.8 Å². The van der Waals surface area contributed by atoms with Crippen LogP contribution >= 0.6 is 11.6 Å². The highest BCUT2D eigenvalue weighted by Gasteiger charge is 2.27. The lowest BCUT2D eigenvalue weighted by molar-refractivity contribution is 0.0206. The molecule has 1 N–H and O–H groups in total. The van der Waals surface area contributed by atoms with Gasteiger partial charge in [-0.1, -0.05) is 11.6 Å². The first-order valence-corrected chi connectivity index (χ1v) is 7.57. The summed E-state index contributed by atoms with van der Waals surface area (Å²) in [6.07, 6.45) is 3.38. The van der Waals surface area contributed by atoms with E-state index in [9.17, 15) is 4.79 Å². The second-order valence-corrected chi connectivity index (χ2v) is 6.66. The first kappa shape index (κ1) is 15.9. The molecule has 1 unspecified atom stereocenters. The van der Waals surface area contributed by atoms with Crippen LogP contribution in [0, 0.1) is 0 Å². The van der Waals surface area contributed by atoms with E-state index < -0.39 is 5.60 Å². The van der Waals surface area contributed by atoms with Gasteiger partial charge in [-0.3, -0.25) is 0 Å². The smallest absolute Gasteiger partial charge is 0.410 e. The molecule has 0 spiro atoms. The molecule has 1 amide bonds. The molecule has 5 nitrogen and oxygen atoms in total. The fourth-order valence-electron chi connectivity index (χ4n) is 2.32. The molecule has 1 fully saturated rings. The molecule has 1 aliphatic rings. The van der Waals surface area contributed by atoms with Gasteiger partial charge in [0.1, 0.15) is 10.8 Å². The molecule has 1 atom stereocenters. The Bertz CT molecular complexity index is 502. The van der Waals surface area contributed by atoms with Gasteiger partial charge in [-0.25, -0.2) is 9.78 Å². The molecule has 6 heteroatoms. The Kier molecular flexibility index (Phi) is 4.93. The van der Waals surface area contributed by atoms with Crippen molar-refractivity contribution in [2.24, 2.45) is 0 Å². The number of ether oxygens (including phenoxy) is 1. The number of likely N-dealkylation sites (tertiary alicyclic amines) is 1. The van der Waals surface area contributed by atoms with Crippen LogP contribution in [0.2, 0.25) is 5.15 Å². The van der Waals surface area contributed by atoms with Crippen molar-refractivity contribution in [3.8, 4) is 0 Å². The van der Waals surface area contributed by atoms with Gasteiger partial charge in [0.25, 0.3) is 0 Å². The highest BCUT2D eigenvalue weighted by molar-refractivity contribution is 6.29. The lowest BCUT2D eigenvalue weighted by Gasteiger charge is -2.34. The highest BCUT2D eigenvalue weighted by atomic mass is 35.5. The van der Waals surface area contributed by atoms with Gasteiger partial charge in [0, 0.05) is 31.0 Å². The summed E-state index contributed by atoms with van der Waals surface area (Å²) in [5.41, 5.74) is 0.460. The van der Waals surface area contributed by atoms with Gasteiger partial charge < -0.3 is 15.0 Å². The summed E-state index contributed by atoms with van der Waals surface area (Å²) in [5, 5.41) is 3.85. The van der Waals surface area contributed by atoms with Crippen LogP contribution < -0.4 is 5.32 Å². The maximum Gasteiger partial charge on any atom is 0.410 e. The van der Waals surface area contributed by atoms with E-state index in [0.717, 1.165) is 25.1 Å². The zero-order valence-corrected chi connectivity index (χ0v) is 13.5. The van der Waals surface area contributed by atoms with Crippen molar-refractivity contribution in [1.29, 1.82) is 0 Å². The summed E-state index contributed by atoms with van der Waals surface area (Å²) in [6.45, 7) is 7.01. The summed E-state index contributed by atoms with van der Waals surface area (Å²) < 4.78 is 5.42. The molecule has 1 saturated heterocycles. The van der Waals surface area contributed by atoms with Gasteiger partial charge in [-0.05, 0) is 45.7 Å². The van der Waals surface area contributed by atoms with Crippen LogP contribution in [0.1, 0.15) is 33.6 Å². The van der Waals surface area contributed by atoms with Crippen molar-refractivity contribution >= 4 is 23.4 Å². The SMILES string of the molecule is CC(C)(C)OC(=O)N1CCCC(Nc2ccnc(Cl)c2)C1. The van der Waals surface area contributed by atoms with Crippen LogP contribution in [0.5, 0.6) is 0 Å². The molecule has 2 heterocycles. The Hall–Kier alpha value is -1.49. The molecule has 0 aromatic carbocycles. The van der Waals surface area contributed by atoms with E-state index in [-0.39, 0.29) is 12.1 Å². The number of pyridine rings is 1. The van der Waals surface area contributed by atoms with Crippen LogP contribution in [-0.2, 0) is 4.74 Å². The molecular weight excluding hydrogens is 290 g/mol. The van der Waals surface area contributed by atoms with Gasteiger partial charge >= 0.3 is 6.09 Å². The summed E-state index contributed by atoms with van der Waals surface area (Å²) in [6, 6.07) is 3.86. The minimum atomic E-state index is -0.462. The number of aromatic nitrogens is 1. The van der Waals surface area contributed by atoms with Crippen molar-refractivity contribution in [1.82, 2.24) is 9.88 Å². The molecule has 1 aromatic rings. The molecular formula is C15H22ClN3O2. The van der Waals surface area contributed by atoms with Crippen molar-refractivity contribution < 1.29 is 9.53 Å². The van der Waals surface area contributed by atoms with Crippen LogP contribution in [0.4, 0.5) is 10.5 Å². The molecule has 21 heavy (non-hydrogen) atoms. The predicted octanol–water partition coefficient (Wildman–Crippen LogP) is 3.55. The van der Waals surface area contributed by atoms with Crippen LogP contribution in [-0.4, -0.2) is 40.7 Å². The molecule has 1 aliphatic heterocycles. The number of hydrogen-bond donors (Lipinski definition) is 1. The number of amides is 1. The maximum absolute atomic E-state index is 12.1. The second kappa shape index (κ2) is 6.52. The molecule has 2 rings (SSSR count). The average Bonchev–Trinajstić information content (AvgIpc) is 2.37. The molecule has 0 saturated carbocycles. The van der Waals surface area contributed by atoms with Crippen LogP contribution in [0.25, 0.3) is 0 Å². The number of hydrogen-bond acceptors (Lipinski definition) is 4. The molecule has 116 valence electrons. The number of halogens is 1. The molecule has 1 aromatic heterocycles. The topological polar surface area (TPSA) is 54.5 Å². The van der Waals surface area contributed by atoms with Crippen LogP contribution in [0.3, 0.4) is 0 Å². The number of nitrogens with zero attached hydrogens (tertiary/aromatic N) is 2. The lowest BCUT2D eigenvalue weighted by atomic mass is 10.1. The van der Waals surface area contributed by atoms with Crippen molar-refractivity contribution in [2.45, 2.75) is 45.3 Å². The van der Waals surface area contributed by atoms with Gasteiger partial charge in [0.2, 0.25) is 0 Å². The highest BCUT2D eigenvalue weighted by Crippen LogP contribution is 2.19. The fourth-order valence-corrected chi connectivity index (χ4v) is 2.49. The summed E-state index contributed by atoms with van der Waals surface area (Å²) in [5.74, 6) is 0. The summed E-state index contributed by atoms with van der Waals surface area (Å²) in [7, 11) is 0. The van der Waals surface area contributed by atoms with E-state index >= 15 is 0 Å². The van der Waals surface area contributed by atoms with E-state index in [1.54, 1.807) is 17.2 Å². The number of rotatable bonds is 2. The number of nitrogens with one attached hydrogen (secondary N) is 1. The van der Waals surface area contributed by atoms with Gasteiger partial charge in [-0.2, -0.15) is 0 Å².